The van der Waals surface area contributed by atoms with Crippen molar-refractivity contribution in [2.45, 2.75) is 40.7 Å². The van der Waals surface area contributed by atoms with Crippen LogP contribution in [0.3, 0.4) is 0 Å². The lowest BCUT2D eigenvalue weighted by Crippen LogP contribution is -2.30. The number of hydrogen-bond donors (Lipinski definition) is 2. The Morgan fingerprint density at radius 1 is 1.30 bits per heavy atom. The van der Waals surface area contributed by atoms with Gasteiger partial charge in [0.25, 0.3) is 0 Å². The fourth-order valence-corrected chi connectivity index (χ4v) is 2.85. The minimum Gasteiger partial charge on any atom is -0.338 e. The SMILES string of the molecule is CCn1nc(C)c(CCNC(=O)Nc2ccc(Br)c(C)c2)c1C. The molecule has 5 nitrogen and oxygen atoms in total. The highest BCUT2D eigenvalue weighted by molar-refractivity contribution is 9.10. The van der Waals surface area contributed by atoms with Crippen LogP contribution >= 0.6 is 15.9 Å². The summed E-state index contributed by atoms with van der Waals surface area (Å²) in [5, 5.41) is 10.2. The standard InChI is InChI=1S/C17H23BrN4O/c1-5-22-13(4)15(12(3)21-22)8-9-19-17(23)20-14-6-7-16(18)11(2)10-14/h6-7,10H,5,8-9H2,1-4H3,(H2,19,20,23). The van der Waals surface area contributed by atoms with Crippen LogP contribution in [0.4, 0.5) is 10.5 Å². The normalized spacial score (nSPS) is 10.7. The van der Waals surface area contributed by atoms with Gasteiger partial charge in [0.15, 0.2) is 0 Å². The molecule has 0 bridgehead atoms. The van der Waals surface area contributed by atoms with Gasteiger partial charge in [-0.1, -0.05) is 15.9 Å². The van der Waals surface area contributed by atoms with Crippen molar-refractivity contribution in [2.24, 2.45) is 0 Å². The Labute approximate surface area is 145 Å². The second-order valence-corrected chi connectivity index (χ2v) is 6.41. The maximum Gasteiger partial charge on any atom is 0.319 e. The van der Waals surface area contributed by atoms with Crippen molar-refractivity contribution in [1.29, 1.82) is 0 Å². The van der Waals surface area contributed by atoms with Crippen molar-refractivity contribution < 1.29 is 4.79 Å². The highest BCUT2D eigenvalue weighted by Crippen LogP contribution is 2.19. The predicted molar refractivity (Wildman–Crippen MR) is 97.0 cm³/mol. The van der Waals surface area contributed by atoms with E-state index >= 15 is 0 Å². The number of anilines is 1. The highest BCUT2D eigenvalue weighted by atomic mass is 79.9. The molecule has 23 heavy (non-hydrogen) atoms. The number of carbonyl (C=O) groups excluding carboxylic acids is 1. The van der Waals surface area contributed by atoms with Gasteiger partial charge in [0, 0.05) is 28.9 Å². The van der Waals surface area contributed by atoms with E-state index in [4.69, 9.17) is 0 Å². The van der Waals surface area contributed by atoms with Crippen LogP contribution < -0.4 is 10.6 Å². The Hall–Kier alpha value is -1.82. The fraction of sp³-hybridized carbons (Fsp3) is 0.412. The molecule has 0 atom stereocenters. The van der Waals surface area contributed by atoms with E-state index in [1.807, 2.05) is 36.7 Å². The van der Waals surface area contributed by atoms with Gasteiger partial charge in [-0.2, -0.15) is 5.10 Å². The topological polar surface area (TPSA) is 59.0 Å². The fourth-order valence-electron chi connectivity index (χ4n) is 2.60. The Bertz CT molecular complexity index is 709. The Morgan fingerprint density at radius 3 is 2.65 bits per heavy atom. The van der Waals surface area contributed by atoms with Gasteiger partial charge in [-0.15, -0.1) is 0 Å². The van der Waals surface area contributed by atoms with E-state index in [-0.39, 0.29) is 6.03 Å². The number of urea groups is 1. The van der Waals surface area contributed by atoms with Crippen LogP contribution in [0.15, 0.2) is 22.7 Å². The van der Waals surface area contributed by atoms with E-state index in [0.29, 0.717) is 6.54 Å². The summed E-state index contributed by atoms with van der Waals surface area (Å²) in [7, 11) is 0. The first-order valence-corrected chi connectivity index (χ1v) is 8.55. The minimum absolute atomic E-state index is 0.190. The van der Waals surface area contributed by atoms with E-state index in [2.05, 4.69) is 45.5 Å². The van der Waals surface area contributed by atoms with Gasteiger partial charge >= 0.3 is 6.03 Å². The van der Waals surface area contributed by atoms with Crippen molar-refractivity contribution in [3.63, 3.8) is 0 Å². The summed E-state index contributed by atoms with van der Waals surface area (Å²) in [6.45, 7) is 9.60. The summed E-state index contributed by atoms with van der Waals surface area (Å²) in [5.74, 6) is 0. The van der Waals surface area contributed by atoms with Crippen molar-refractivity contribution >= 4 is 27.6 Å². The maximum atomic E-state index is 12.0. The van der Waals surface area contributed by atoms with Gasteiger partial charge < -0.3 is 10.6 Å². The molecule has 2 aromatic rings. The lowest BCUT2D eigenvalue weighted by atomic mass is 10.1. The first-order valence-electron chi connectivity index (χ1n) is 7.76. The number of nitrogens with zero attached hydrogens (tertiary/aromatic N) is 2. The highest BCUT2D eigenvalue weighted by Gasteiger charge is 2.10. The Morgan fingerprint density at radius 2 is 2.04 bits per heavy atom. The molecule has 1 aromatic carbocycles. The third-order valence-corrected chi connectivity index (χ3v) is 4.80. The molecular weight excluding hydrogens is 356 g/mol. The van der Waals surface area contributed by atoms with E-state index in [0.717, 1.165) is 34.4 Å². The molecule has 0 unspecified atom stereocenters. The van der Waals surface area contributed by atoms with E-state index in [9.17, 15) is 4.79 Å². The molecule has 0 radical (unpaired) electrons. The molecule has 0 fully saturated rings. The van der Waals surface area contributed by atoms with Gasteiger partial charge in [-0.25, -0.2) is 4.79 Å². The zero-order chi connectivity index (χ0) is 17.0. The molecule has 0 aliphatic rings. The zero-order valence-corrected chi connectivity index (χ0v) is 15.6. The van der Waals surface area contributed by atoms with Crippen molar-refractivity contribution in [2.75, 3.05) is 11.9 Å². The summed E-state index contributed by atoms with van der Waals surface area (Å²) in [5.41, 5.74) is 5.30. The Balaban J connectivity index is 1.87. The van der Waals surface area contributed by atoms with Crippen molar-refractivity contribution in [3.05, 3.63) is 45.2 Å². The molecule has 0 saturated heterocycles. The van der Waals surface area contributed by atoms with Crippen LogP contribution in [0.2, 0.25) is 0 Å². The molecule has 1 aromatic heterocycles. The third kappa shape index (κ3) is 4.34. The minimum atomic E-state index is -0.190. The molecular formula is C17H23BrN4O. The molecule has 2 amide bonds. The number of nitrogens with one attached hydrogen (secondary N) is 2. The summed E-state index contributed by atoms with van der Waals surface area (Å²) < 4.78 is 3.03. The number of aromatic nitrogens is 2. The number of benzene rings is 1. The zero-order valence-electron chi connectivity index (χ0n) is 14.0. The second-order valence-electron chi connectivity index (χ2n) is 5.56. The van der Waals surface area contributed by atoms with Crippen LogP contribution in [-0.4, -0.2) is 22.4 Å². The van der Waals surface area contributed by atoms with E-state index in [1.54, 1.807) is 0 Å². The molecule has 124 valence electrons. The van der Waals surface area contributed by atoms with Gasteiger partial charge in [-0.3, -0.25) is 4.68 Å². The van der Waals surface area contributed by atoms with E-state index in [1.165, 1.54) is 11.3 Å². The molecule has 2 rings (SSSR count). The largest absolute Gasteiger partial charge is 0.338 e. The van der Waals surface area contributed by atoms with Crippen LogP contribution in [-0.2, 0) is 13.0 Å². The Kier molecular flexibility index (Phi) is 5.82. The van der Waals surface area contributed by atoms with E-state index < -0.39 is 0 Å². The van der Waals surface area contributed by atoms with Gasteiger partial charge in [0.2, 0.25) is 0 Å². The number of amides is 2. The summed E-state index contributed by atoms with van der Waals surface area (Å²) >= 11 is 3.45. The van der Waals surface area contributed by atoms with Gasteiger partial charge in [0.1, 0.15) is 0 Å². The molecule has 2 N–H and O–H groups in total. The first-order chi connectivity index (χ1) is 10.9. The van der Waals surface area contributed by atoms with Gasteiger partial charge in [-0.05, 0) is 63.4 Å². The molecule has 1 heterocycles. The van der Waals surface area contributed by atoms with Crippen LogP contribution in [0.1, 0.15) is 29.4 Å². The van der Waals surface area contributed by atoms with Crippen molar-refractivity contribution in [3.8, 4) is 0 Å². The van der Waals surface area contributed by atoms with Crippen LogP contribution in [0.25, 0.3) is 0 Å². The second kappa shape index (κ2) is 7.64. The van der Waals surface area contributed by atoms with Crippen molar-refractivity contribution in [1.82, 2.24) is 15.1 Å². The smallest absolute Gasteiger partial charge is 0.319 e. The number of halogens is 1. The monoisotopic (exact) mass is 378 g/mol. The lowest BCUT2D eigenvalue weighted by molar-refractivity contribution is 0.252. The molecule has 6 heteroatoms. The lowest BCUT2D eigenvalue weighted by Gasteiger charge is -2.09. The summed E-state index contributed by atoms with van der Waals surface area (Å²) in [6.07, 6.45) is 0.782. The average molecular weight is 379 g/mol. The number of aryl methyl sites for hydroxylation is 3. The maximum absolute atomic E-state index is 12.0. The van der Waals surface area contributed by atoms with Crippen LogP contribution in [0, 0.1) is 20.8 Å². The first kappa shape index (κ1) is 17.5. The predicted octanol–water partition coefficient (Wildman–Crippen LogP) is 3.95. The number of carbonyl (C=O) groups is 1. The quantitative estimate of drug-likeness (QED) is 0.826. The third-order valence-electron chi connectivity index (χ3n) is 3.91. The van der Waals surface area contributed by atoms with Gasteiger partial charge in [0.05, 0.1) is 5.69 Å². The molecule has 0 spiro atoms. The summed E-state index contributed by atoms with van der Waals surface area (Å²) in [4.78, 5) is 12.0. The molecule has 0 aliphatic carbocycles. The number of rotatable bonds is 5. The summed E-state index contributed by atoms with van der Waals surface area (Å²) in [6, 6.07) is 5.54. The van der Waals surface area contributed by atoms with Crippen LogP contribution in [0.5, 0.6) is 0 Å². The average Bonchev–Trinajstić information content (AvgIpc) is 2.78. The molecule has 0 aliphatic heterocycles. The molecule has 0 saturated carbocycles. The number of hydrogen-bond acceptors (Lipinski definition) is 2.